The van der Waals surface area contributed by atoms with Gasteiger partial charge in [0.25, 0.3) is 0 Å². The molecule has 0 aliphatic rings. The van der Waals surface area contributed by atoms with Crippen molar-refractivity contribution in [1.29, 1.82) is 0 Å². The molecule has 20 heavy (non-hydrogen) atoms. The molecule has 0 saturated carbocycles. The highest BCUT2D eigenvalue weighted by Crippen LogP contribution is 2.23. The summed E-state index contributed by atoms with van der Waals surface area (Å²) < 4.78 is 2.08. The quantitative estimate of drug-likeness (QED) is 0.427. The lowest BCUT2D eigenvalue weighted by atomic mass is 10.2. The number of nitrogens with two attached hydrogens (primary N) is 1. The van der Waals surface area contributed by atoms with Gasteiger partial charge >= 0.3 is 0 Å². The molecule has 0 saturated heterocycles. The lowest BCUT2D eigenvalue weighted by molar-refractivity contribution is 0.569. The summed E-state index contributed by atoms with van der Waals surface area (Å²) in [4.78, 5) is 5.60. The van der Waals surface area contributed by atoms with Crippen molar-refractivity contribution in [3.63, 3.8) is 0 Å². The third-order valence-electron chi connectivity index (χ3n) is 2.73. The van der Waals surface area contributed by atoms with E-state index in [0.29, 0.717) is 0 Å². The van der Waals surface area contributed by atoms with Crippen LogP contribution in [0.1, 0.15) is 5.69 Å². The van der Waals surface area contributed by atoms with E-state index in [2.05, 4.69) is 54.4 Å². The summed E-state index contributed by atoms with van der Waals surface area (Å²) in [6, 6.07) is 12.5. The molecule has 1 heterocycles. The van der Waals surface area contributed by atoms with E-state index in [9.17, 15) is 0 Å². The van der Waals surface area contributed by atoms with E-state index in [1.807, 2.05) is 30.5 Å². The molecule has 0 fully saturated rings. The highest BCUT2D eigenvalue weighted by molar-refractivity contribution is 9.10. The van der Waals surface area contributed by atoms with Gasteiger partial charge in [-0.15, -0.1) is 11.8 Å². The molecule has 106 valence electrons. The predicted molar refractivity (Wildman–Crippen MR) is 91.6 cm³/mol. The maximum atomic E-state index is 5.63. The minimum absolute atomic E-state index is 0.188. The molecule has 0 spiro atoms. The number of benzene rings is 1. The van der Waals surface area contributed by atoms with Crippen LogP contribution in [-0.4, -0.2) is 16.8 Å². The van der Waals surface area contributed by atoms with Crippen LogP contribution >= 0.6 is 43.6 Å². The van der Waals surface area contributed by atoms with Gasteiger partial charge in [0, 0.05) is 43.9 Å². The molecule has 1 atom stereocenters. The minimum Gasteiger partial charge on any atom is -0.271 e. The van der Waals surface area contributed by atoms with Gasteiger partial charge < -0.3 is 0 Å². The minimum atomic E-state index is 0.188. The molecule has 0 bridgehead atoms. The molecule has 3 N–H and O–H groups in total. The van der Waals surface area contributed by atoms with Gasteiger partial charge in [-0.1, -0.05) is 22.0 Å². The van der Waals surface area contributed by atoms with Gasteiger partial charge in [0.2, 0.25) is 0 Å². The Morgan fingerprint density at radius 1 is 1.20 bits per heavy atom. The Labute approximate surface area is 140 Å². The van der Waals surface area contributed by atoms with Crippen LogP contribution < -0.4 is 11.3 Å². The summed E-state index contributed by atoms with van der Waals surface area (Å²) in [5, 5.41) is 0. The molecule has 2 rings (SSSR count). The Hall–Kier alpha value is -0.400. The first-order chi connectivity index (χ1) is 9.67. The third kappa shape index (κ3) is 5.18. The second-order valence-corrected chi connectivity index (χ2v) is 7.23. The number of pyridine rings is 1. The molecular formula is C14H15Br2N3S. The Kier molecular flexibility index (Phi) is 6.51. The van der Waals surface area contributed by atoms with Gasteiger partial charge in [-0.2, -0.15) is 0 Å². The number of nitrogens with zero attached hydrogens (tertiary/aromatic N) is 1. The van der Waals surface area contributed by atoms with Gasteiger partial charge in [-0.3, -0.25) is 16.3 Å². The number of hydrogen-bond acceptors (Lipinski definition) is 4. The highest BCUT2D eigenvalue weighted by atomic mass is 79.9. The maximum Gasteiger partial charge on any atom is 0.0420 e. The summed E-state index contributed by atoms with van der Waals surface area (Å²) in [5.41, 5.74) is 3.90. The maximum absolute atomic E-state index is 5.63. The van der Waals surface area contributed by atoms with E-state index in [0.717, 1.165) is 26.8 Å². The molecule has 6 heteroatoms. The van der Waals surface area contributed by atoms with Crippen molar-refractivity contribution in [3.05, 3.63) is 57.2 Å². The SMILES string of the molecule is NNC(CSc1cccc(Br)c1)Cc1ccc(Br)cn1. The van der Waals surface area contributed by atoms with Gasteiger partial charge in [0.05, 0.1) is 0 Å². The second kappa shape index (κ2) is 8.14. The second-order valence-electron chi connectivity index (χ2n) is 4.30. The van der Waals surface area contributed by atoms with Crippen molar-refractivity contribution in [2.24, 2.45) is 5.84 Å². The van der Waals surface area contributed by atoms with E-state index >= 15 is 0 Å². The number of halogens is 2. The Bertz CT molecular complexity index is 548. The number of hydrazine groups is 1. The van der Waals surface area contributed by atoms with Crippen LogP contribution in [0.3, 0.4) is 0 Å². The Morgan fingerprint density at radius 3 is 2.70 bits per heavy atom. The Morgan fingerprint density at radius 2 is 2.05 bits per heavy atom. The zero-order valence-corrected chi connectivity index (χ0v) is 14.7. The van der Waals surface area contributed by atoms with E-state index in [1.165, 1.54) is 4.90 Å². The summed E-state index contributed by atoms with van der Waals surface area (Å²) in [5.74, 6) is 6.53. The summed E-state index contributed by atoms with van der Waals surface area (Å²) in [6.07, 6.45) is 2.62. The van der Waals surface area contributed by atoms with Crippen LogP contribution in [0.2, 0.25) is 0 Å². The number of nitrogens with one attached hydrogen (secondary N) is 1. The zero-order valence-electron chi connectivity index (χ0n) is 10.7. The van der Waals surface area contributed by atoms with Gasteiger partial charge in [0.15, 0.2) is 0 Å². The fourth-order valence-electron chi connectivity index (χ4n) is 1.70. The fraction of sp³-hybridized carbons (Fsp3) is 0.214. The average Bonchev–Trinajstić information content (AvgIpc) is 2.45. The zero-order chi connectivity index (χ0) is 14.4. The first-order valence-corrected chi connectivity index (χ1v) is 8.69. The van der Waals surface area contributed by atoms with Crippen molar-refractivity contribution in [3.8, 4) is 0 Å². The van der Waals surface area contributed by atoms with Crippen LogP contribution in [0.5, 0.6) is 0 Å². The summed E-state index contributed by atoms with van der Waals surface area (Å²) >= 11 is 8.64. The van der Waals surface area contributed by atoms with Gasteiger partial charge in [0.1, 0.15) is 0 Å². The summed E-state index contributed by atoms with van der Waals surface area (Å²) in [6.45, 7) is 0. The van der Waals surface area contributed by atoms with Crippen molar-refractivity contribution in [2.45, 2.75) is 17.4 Å². The molecule has 1 aromatic carbocycles. The lowest BCUT2D eigenvalue weighted by Gasteiger charge is -2.15. The smallest absolute Gasteiger partial charge is 0.0420 e. The molecule has 0 aliphatic carbocycles. The van der Waals surface area contributed by atoms with Crippen molar-refractivity contribution >= 4 is 43.6 Å². The lowest BCUT2D eigenvalue weighted by Crippen LogP contribution is -2.38. The number of rotatable bonds is 6. The van der Waals surface area contributed by atoms with E-state index < -0.39 is 0 Å². The molecule has 1 unspecified atom stereocenters. The number of aromatic nitrogens is 1. The fourth-order valence-corrected chi connectivity index (χ4v) is 3.48. The molecule has 0 radical (unpaired) electrons. The van der Waals surface area contributed by atoms with Crippen molar-refractivity contribution in [1.82, 2.24) is 10.4 Å². The van der Waals surface area contributed by atoms with E-state index in [4.69, 9.17) is 5.84 Å². The van der Waals surface area contributed by atoms with Crippen molar-refractivity contribution in [2.75, 3.05) is 5.75 Å². The highest BCUT2D eigenvalue weighted by Gasteiger charge is 2.09. The topological polar surface area (TPSA) is 50.9 Å². The molecule has 1 aromatic heterocycles. The third-order valence-corrected chi connectivity index (χ3v) is 4.85. The van der Waals surface area contributed by atoms with Crippen LogP contribution in [0.15, 0.2) is 56.4 Å². The monoisotopic (exact) mass is 415 g/mol. The number of thioether (sulfide) groups is 1. The van der Waals surface area contributed by atoms with Crippen LogP contribution in [0.4, 0.5) is 0 Å². The van der Waals surface area contributed by atoms with Gasteiger partial charge in [-0.05, 0) is 46.3 Å². The predicted octanol–water partition coefficient (Wildman–Crippen LogP) is 3.77. The number of hydrogen-bond donors (Lipinski definition) is 2. The largest absolute Gasteiger partial charge is 0.271 e. The average molecular weight is 417 g/mol. The van der Waals surface area contributed by atoms with Gasteiger partial charge in [-0.25, -0.2) is 0 Å². The van der Waals surface area contributed by atoms with E-state index in [-0.39, 0.29) is 6.04 Å². The normalized spacial score (nSPS) is 12.3. The molecule has 0 aliphatic heterocycles. The van der Waals surface area contributed by atoms with Crippen LogP contribution in [0, 0.1) is 0 Å². The molecule has 3 nitrogen and oxygen atoms in total. The van der Waals surface area contributed by atoms with Crippen LogP contribution in [-0.2, 0) is 6.42 Å². The van der Waals surface area contributed by atoms with Crippen LogP contribution in [0.25, 0.3) is 0 Å². The van der Waals surface area contributed by atoms with Crippen molar-refractivity contribution < 1.29 is 0 Å². The molecule has 2 aromatic rings. The first kappa shape index (κ1) is 16.0. The first-order valence-electron chi connectivity index (χ1n) is 6.12. The van der Waals surface area contributed by atoms with E-state index in [1.54, 1.807) is 11.8 Å². The summed E-state index contributed by atoms with van der Waals surface area (Å²) in [7, 11) is 0. The Balaban J connectivity index is 1.90. The molecular weight excluding hydrogens is 402 g/mol. The molecule has 0 amide bonds. The standard InChI is InChI=1S/C14H15Br2N3S/c15-10-2-1-3-14(6-10)20-9-13(19-17)7-12-5-4-11(16)8-18-12/h1-6,8,13,19H,7,9,17H2.